The molecule has 0 amide bonds. The smallest absolute Gasteiger partial charge is 0.206 e. The van der Waals surface area contributed by atoms with E-state index >= 15 is 0 Å². The first kappa shape index (κ1) is 21.2. The van der Waals surface area contributed by atoms with Crippen molar-refractivity contribution in [3.8, 4) is 5.75 Å². The van der Waals surface area contributed by atoms with Crippen LogP contribution in [0.3, 0.4) is 0 Å². The highest BCUT2D eigenvalue weighted by molar-refractivity contribution is 7.91. The molecule has 4 nitrogen and oxygen atoms in total. The third kappa shape index (κ3) is 6.85. The van der Waals surface area contributed by atoms with Crippen LogP contribution in [0.15, 0.2) is 76.0 Å². The molecule has 0 fully saturated rings. The first-order valence-electron chi connectivity index (χ1n) is 9.17. The van der Waals surface area contributed by atoms with Crippen molar-refractivity contribution in [3.05, 3.63) is 66.2 Å². The molecule has 0 bridgehead atoms. The Morgan fingerprint density at radius 2 is 1.59 bits per heavy atom. The summed E-state index contributed by atoms with van der Waals surface area (Å²) in [6, 6.07) is 14.9. The van der Waals surface area contributed by atoms with Gasteiger partial charge in [0.15, 0.2) is 0 Å². The van der Waals surface area contributed by atoms with Gasteiger partial charge in [-0.15, -0.1) is 0 Å². The normalized spacial score (nSPS) is 12.4. The first-order chi connectivity index (χ1) is 12.9. The fraction of sp³-hybridized carbons (Fsp3) is 0.364. The molecule has 0 aliphatic carbocycles. The van der Waals surface area contributed by atoms with Gasteiger partial charge in [-0.3, -0.25) is 0 Å². The molecule has 0 aliphatic rings. The van der Waals surface area contributed by atoms with Gasteiger partial charge < -0.3 is 9.47 Å². The molecule has 146 valence electrons. The minimum absolute atomic E-state index is 0.183. The molecule has 0 saturated carbocycles. The average molecular weight is 389 g/mol. The summed E-state index contributed by atoms with van der Waals surface area (Å²) >= 11 is 0. The minimum Gasteiger partial charge on any atom is -0.491 e. The van der Waals surface area contributed by atoms with Crippen LogP contribution < -0.4 is 4.74 Å². The molecular weight excluding hydrogens is 360 g/mol. The van der Waals surface area contributed by atoms with E-state index in [1.165, 1.54) is 5.57 Å². The van der Waals surface area contributed by atoms with Gasteiger partial charge in [-0.05, 0) is 70.0 Å². The van der Waals surface area contributed by atoms with Gasteiger partial charge in [0.1, 0.15) is 12.4 Å². The fourth-order valence-electron chi connectivity index (χ4n) is 2.55. The van der Waals surface area contributed by atoms with Gasteiger partial charge >= 0.3 is 0 Å². The molecule has 0 spiro atoms. The predicted octanol–water partition coefficient (Wildman–Crippen LogP) is 5.05. The van der Waals surface area contributed by atoms with Crippen molar-refractivity contribution >= 4 is 9.84 Å². The van der Waals surface area contributed by atoms with Gasteiger partial charge in [-0.25, -0.2) is 8.42 Å². The Labute approximate surface area is 162 Å². The Bertz CT molecular complexity index is 820. The van der Waals surface area contributed by atoms with Gasteiger partial charge in [0.05, 0.1) is 22.5 Å². The van der Waals surface area contributed by atoms with Crippen LogP contribution in [0.25, 0.3) is 0 Å². The number of sulfone groups is 1. The van der Waals surface area contributed by atoms with Gasteiger partial charge in [0, 0.05) is 0 Å². The summed E-state index contributed by atoms with van der Waals surface area (Å²) in [6.45, 7) is 7.17. The Morgan fingerprint density at radius 3 is 2.22 bits per heavy atom. The molecule has 0 N–H and O–H groups in total. The zero-order valence-corrected chi connectivity index (χ0v) is 17.0. The third-order valence-corrected chi connectivity index (χ3v) is 5.85. The van der Waals surface area contributed by atoms with Gasteiger partial charge in [0.25, 0.3) is 0 Å². The number of hydrogen-bond donors (Lipinski definition) is 0. The van der Waals surface area contributed by atoms with Crippen molar-refractivity contribution in [2.24, 2.45) is 0 Å². The summed E-state index contributed by atoms with van der Waals surface area (Å²) in [5, 5.41) is 0. The van der Waals surface area contributed by atoms with Crippen LogP contribution in [0, 0.1) is 0 Å². The van der Waals surface area contributed by atoms with Gasteiger partial charge in [0.2, 0.25) is 9.84 Å². The van der Waals surface area contributed by atoms with E-state index in [2.05, 4.69) is 26.8 Å². The van der Waals surface area contributed by atoms with Crippen molar-refractivity contribution in [2.45, 2.75) is 49.5 Å². The SMILES string of the molecule is CC(C)=CCC[C@@H](C)OCCOc1ccc(S(=O)(=O)c2ccccc2)cc1. The molecule has 0 aliphatic heterocycles. The summed E-state index contributed by atoms with van der Waals surface area (Å²) in [7, 11) is -3.49. The van der Waals surface area contributed by atoms with Gasteiger partial charge in [-0.2, -0.15) is 0 Å². The molecule has 0 saturated heterocycles. The lowest BCUT2D eigenvalue weighted by Gasteiger charge is -2.13. The number of hydrogen-bond acceptors (Lipinski definition) is 4. The van der Waals surface area contributed by atoms with Crippen LogP contribution in [0.4, 0.5) is 0 Å². The lowest BCUT2D eigenvalue weighted by Crippen LogP contribution is -2.14. The predicted molar refractivity (Wildman–Crippen MR) is 108 cm³/mol. The fourth-order valence-corrected chi connectivity index (χ4v) is 3.83. The van der Waals surface area contributed by atoms with E-state index in [1.54, 1.807) is 54.6 Å². The molecule has 0 heterocycles. The number of rotatable bonds is 10. The Kier molecular flexibility index (Phi) is 8.07. The van der Waals surface area contributed by atoms with E-state index in [-0.39, 0.29) is 15.9 Å². The maximum Gasteiger partial charge on any atom is 0.206 e. The van der Waals surface area contributed by atoms with Crippen LogP contribution >= 0.6 is 0 Å². The number of allylic oxidation sites excluding steroid dienone is 2. The largest absolute Gasteiger partial charge is 0.491 e. The quantitative estimate of drug-likeness (QED) is 0.422. The summed E-state index contributed by atoms with van der Waals surface area (Å²) in [5.74, 6) is 0.628. The van der Waals surface area contributed by atoms with E-state index in [9.17, 15) is 8.42 Å². The molecule has 2 rings (SSSR count). The molecule has 0 unspecified atom stereocenters. The van der Waals surface area contributed by atoms with Crippen LogP contribution in [-0.4, -0.2) is 27.7 Å². The zero-order chi connectivity index (χ0) is 19.7. The van der Waals surface area contributed by atoms with Crippen LogP contribution in [0.5, 0.6) is 5.75 Å². The summed E-state index contributed by atoms with van der Waals surface area (Å²) in [6.07, 6.45) is 4.39. The Morgan fingerprint density at radius 1 is 0.963 bits per heavy atom. The van der Waals surface area contributed by atoms with E-state index < -0.39 is 9.84 Å². The van der Waals surface area contributed by atoms with Crippen molar-refractivity contribution in [3.63, 3.8) is 0 Å². The summed E-state index contributed by atoms with van der Waals surface area (Å²) < 4.78 is 36.5. The highest BCUT2D eigenvalue weighted by Crippen LogP contribution is 2.22. The van der Waals surface area contributed by atoms with Crippen molar-refractivity contribution in [1.29, 1.82) is 0 Å². The van der Waals surface area contributed by atoms with Crippen LogP contribution in [0.2, 0.25) is 0 Å². The lowest BCUT2D eigenvalue weighted by molar-refractivity contribution is 0.0404. The molecule has 5 heteroatoms. The minimum atomic E-state index is -3.49. The molecular formula is C22H28O4S. The second kappa shape index (κ2) is 10.3. The molecule has 0 aromatic heterocycles. The first-order valence-corrected chi connectivity index (χ1v) is 10.7. The van der Waals surface area contributed by atoms with E-state index in [4.69, 9.17) is 9.47 Å². The Hall–Kier alpha value is -2.11. The van der Waals surface area contributed by atoms with Crippen molar-refractivity contribution < 1.29 is 17.9 Å². The third-order valence-electron chi connectivity index (χ3n) is 4.07. The molecule has 27 heavy (non-hydrogen) atoms. The Balaban J connectivity index is 1.80. The van der Waals surface area contributed by atoms with Crippen LogP contribution in [0.1, 0.15) is 33.6 Å². The van der Waals surface area contributed by atoms with Gasteiger partial charge in [-0.1, -0.05) is 29.8 Å². The van der Waals surface area contributed by atoms with E-state index in [0.717, 1.165) is 12.8 Å². The van der Waals surface area contributed by atoms with Crippen molar-refractivity contribution in [1.82, 2.24) is 0 Å². The zero-order valence-electron chi connectivity index (χ0n) is 16.2. The summed E-state index contributed by atoms with van der Waals surface area (Å²) in [4.78, 5) is 0.541. The monoisotopic (exact) mass is 388 g/mol. The van der Waals surface area contributed by atoms with Crippen molar-refractivity contribution in [2.75, 3.05) is 13.2 Å². The highest BCUT2D eigenvalue weighted by Gasteiger charge is 2.16. The molecule has 1 atom stereocenters. The summed E-state index contributed by atoms with van der Waals surface area (Å²) in [5.41, 5.74) is 1.32. The molecule has 2 aromatic carbocycles. The lowest BCUT2D eigenvalue weighted by atomic mass is 10.2. The number of benzene rings is 2. The maximum atomic E-state index is 12.5. The van der Waals surface area contributed by atoms with E-state index in [1.807, 2.05) is 0 Å². The highest BCUT2D eigenvalue weighted by atomic mass is 32.2. The average Bonchev–Trinajstić information content (AvgIpc) is 2.66. The second-order valence-electron chi connectivity index (χ2n) is 6.68. The van der Waals surface area contributed by atoms with Crippen LogP contribution in [-0.2, 0) is 14.6 Å². The second-order valence-corrected chi connectivity index (χ2v) is 8.63. The maximum absolute atomic E-state index is 12.5. The molecule has 0 radical (unpaired) electrons. The topological polar surface area (TPSA) is 52.6 Å². The van der Waals surface area contributed by atoms with E-state index in [0.29, 0.717) is 19.0 Å². The number of ether oxygens (including phenoxy) is 2. The standard InChI is InChI=1S/C22H28O4S/c1-18(2)8-7-9-19(3)25-16-17-26-20-12-14-22(15-13-20)27(23,24)21-10-5-4-6-11-21/h4-6,8,10-15,19H,7,9,16-17H2,1-3H3/t19-/m1/s1. The molecule has 2 aromatic rings.